The summed E-state index contributed by atoms with van der Waals surface area (Å²) in [5, 5.41) is 0.454. The number of rotatable bonds is 1. The molecule has 0 amide bonds. The summed E-state index contributed by atoms with van der Waals surface area (Å²) in [5.74, 6) is -0.349. The van der Waals surface area contributed by atoms with E-state index in [-0.39, 0.29) is 5.82 Å². The lowest BCUT2D eigenvalue weighted by atomic mass is 10.1. The number of H-pyrrole nitrogens is 1. The van der Waals surface area contributed by atoms with E-state index in [4.69, 9.17) is 23.8 Å². The van der Waals surface area contributed by atoms with Crippen LogP contribution in [0.3, 0.4) is 0 Å². The Hall–Kier alpha value is -1.26. The molecule has 0 unspecified atom stereocenters. The normalized spacial score (nSPS) is 10.3. The first-order chi connectivity index (χ1) is 7.16. The molecule has 0 fully saturated rings. The van der Waals surface area contributed by atoms with E-state index in [9.17, 15) is 4.39 Å². The van der Waals surface area contributed by atoms with Gasteiger partial charge in [-0.15, -0.1) is 0 Å². The summed E-state index contributed by atoms with van der Waals surface area (Å²) in [5.41, 5.74) is 1.16. The third-order valence-corrected chi connectivity index (χ3v) is 2.41. The van der Waals surface area contributed by atoms with Crippen molar-refractivity contribution in [3.8, 4) is 11.3 Å². The summed E-state index contributed by atoms with van der Waals surface area (Å²) in [4.78, 5) is 6.81. The standard InChI is InChI=1S/C10H6ClFN2S/c11-8-2-1-6(12)3-7(8)9-4-13-5-10(15)14-9/h1-5H,(H,14,15). The summed E-state index contributed by atoms with van der Waals surface area (Å²) in [6, 6.07) is 4.14. The molecule has 2 rings (SSSR count). The maximum Gasteiger partial charge on any atom is 0.123 e. The molecular weight excluding hydrogens is 235 g/mol. The smallest absolute Gasteiger partial charge is 0.123 e. The molecule has 15 heavy (non-hydrogen) atoms. The first-order valence-electron chi connectivity index (χ1n) is 4.16. The van der Waals surface area contributed by atoms with Gasteiger partial charge >= 0.3 is 0 Å². The number of aromatic amines is 1. The Kier molecular flexibility index (Phi) is 2.79. The molecule has 0 radical (unpaired) electrons. The Bertz CT molecular complexity index is 553. The van der Waals surface area contributed by atoms with Crippen LogP contribution >= 0.6 is 23.8 Å². The molecule has 0 saturated heterocycles. The lowest BCUT2D eigenvalue weighted by Crippen LogP contribution is -1.88. The van der Waals surface area contributed by atoms with Crippen LogP contribution < -0.4 is 0 Å². The highest BCUT2D eigenvalue weighted by molar-refractivity contribution is 7.71. The number of hydrogen-bond donors (Lipinski definition) is 1. The lowest BCUT2D eigenvalue weighted by Gasteiger charge is -2.03. The van der Waals surface area contributed by atoms with Crippen LogP contribution in [0.1, 0.15) is 0 Å². The summed E-state index contributed by atoms with van der Waals surface area (Å²) in [6.07, 6.45) is 3.06. The van der Waals surface area contributed by atoms with Crippen LogP contribution in [-0.2, 0) is 0 Å². The second-order valence-corrected chi connectivity index (χ2v) is 3.78. The SMILES string of the molecule is Fc1ccc(Cl)c(-c2cncc(=S)[nH]2)c1. The maximum absolute atomic E-state index is 13.0. The van der Waals surface area contributed by atoms with Gasteiger partial charge in [0.25, 0.3) is 0 Å². The Labute approximate surface area is 95.8 Å². The molecule has 1 aromatic heterocycles. The van der Waals surface area contributed by atoms with E-state index in [2.05, 4.69) is 9.97 Å². The van der Waals surface area contributed by atoms with Gasteiger partial charge in [-0.1, -0.05) is 23.8 Å². The molecule has 1 N–H and O–H groups in total. The number of benzene rings is 1. The molecule has 2 aromatic rings. The summed E-state index contributed by atoms with van der Waals surface area (Å²) < 4.78 is 13.5. The molecule has 0 saturated carbocycles. The van der Waals surface area contributed by atoms with Crippen LogP contribution in [0.4, 0.5) is 4.39 Å². The quantitative estimate of drug-likeness (QED) is 0.772. The van der Waals surface area contributed by atoms with Crippen molar-refractivity contribution in [1.29, 1.82) is 0 Å². The van der Waals surface area contributed by atoms with E-state index < -0.39 is 0 Å². The minimum Gasteiger partial charge on any atom is -0.344 e. The van der Waals surface area contributed by atoms with E-state index in [0.717, 1.165) is 0 Å². The number of nitrogens with one attached hydrogen (secondary N) is 1. The molecule has 0 aliphatic heterocycles. The van der Waals surface area contributed by atoms with Gasteiger partial charge in [0.2, 0.25) is 0 Å². The number of hydrogen-bond acceptors (Lipinski definition) is 2. The van der Waals surface area contributed by atoms with Crippen molar-refractivity contribution in [2.75, 3.05) is 0 Å². The Morgan fingerprint density at radius 2 is 2.13 bits per heavy atom. The van der Waals surface area contributed by atoms with E-state index in [1.54, 1.807) is 6.20 Å². The number of aromatic nitrogens is 2. The molecule has 1 heterocycles. The van der Waals surface area contributed by atoms with Gasteiger partial charge in [-0.05, 0) is 18.2 Å². The minimum absolute atomic E-state index is 0.349. The van der Waals surface area contributed by atoms with Crippen molar-refractivity contribution in [1.82, 2.24) is 9.97 Å². The van der Waals surface area contributed by atoms with Gasteiger partial charge < -0.3 is 4.98 Å². The summed E-state index contributed by atoms with van der Waals surface area (Å²) >= 11 is 10.9. The topological polar surface area (TPSA) is 28.7 Å². The largest absolute Gasteiger partial charge is 0.344 e. The molecule has 0 atom stereocenters. The second kappa shape index (κ2) is 4.08. The van der Waals surface area contributed by atoms with Crippen molar-refractivity contribution in [2.45, 2.75) is 0 Å². The Morgan fingerprint density at radius 3 is 2.87 bits per heavy atom. The molecule has 0 bridgehead atoms. The van der Waals surface area contributed by atoms with Crippen molar-refractivity contribution >= 4 is 23.8 Å². The summed E-state index contributed by atoms with van der Waals surface area (Å²) in [6.45, 7) is 0. The van der Waals surface area contributed by atoms with Crippen LogP contribution in [0.15, 0.2) is 30.6 Å². The van der Waals surface area contributed by atoms with Crippen molar-refractivity contribution in [3.05, 3.63) is 46.1 Å². The average Bonchev–Trinajstić information content (AvgIpc) is 2.22. The monoisotopic (exact) mass is 240 g/mol. The van der Waals surface area contributed by atoms with Gasteiger partial charge in [-0.2, -0.15) is 0 Å². The highest BCUT2D eigenvalue weighted by atomic mass is 35.5. The van der Waals surface area contributed by atoms with Gasteiger partial charge in [0, 0.05) is 5.56 Å². The zero-order chi connectivity index (χ0) is 10.8. The third-order valence-electron chi connectivity index (χ3n) is 1.87. The highest BCUT2D eigenvalue weighted by Gasteiger charge is 2.05. The number of halogens is 2. The minimum atomic E-state index is -0.349. The van der Waals surface area contributed by atoms with Crippen LogP contribution in [0.5, 0.6) is 0 Å². The Balaban J connectivity index is 2.63. The molecule has 0 aliphatic rings. The molecular formula is C10H6ClFN2S. The van der Waals surface area contributed by atoms with Crippen LogP contribution in [0.2, 0.25) is 5.02 Å². The van der Waals surface area contributed by atoms with E-state index >= 15 is 0 Å². The first-order valence-corrected chi connectivity index (χ1v) is 4.95. The lowest BCUT2D eigenvalue weighted by molar-refractivity contribution is 0.628. The van der Waals surface area contributed by atoms with Gasteiger partial charge in [0.05, 0.1) is 23.1 Å². The molecule has 2 nitrogen and oxygen atoms in total. The zero-order valence-corrected chi connectivity index (χ0v) is 9.07. The van der Waals surface area contributed by atoms with E-state index in [1.807, 2.05) is 0 Å². The first kappa shape index (κ1) is 10.3. The third kappa shape index (κ3) is 2.22. The van der Waals surface area contributed by atoms with Crippen molar-refractivity contribution in [3.63, 3.8) is 0 Å². The van der Waals surface area contributed by atoms with E-state index in [1.165, 1.54) is 24.4 Å². The fourth-order valence-electron chi connectivity index (χ4n) is 1.22. The molecule has 1 aromatic carbocycles. The fourth-order valence-corrected chi connectivity index (χ4v) is 1.61. The zero-order valence-electron chi connectivity index (χ0n) is 7.50. The van der Waals surface area contributed by atoms with Crippen molar-refractivity contribution in [2.24, 2.45) is 0 Å². The van der Waals surface area contributed by atoms with Crippen molar-refractivity contribution < 1.29 is 4.39 Å². The second-order valence-electron chi connectivity index (χ2n) is 2.93. The maximum atomic E-state index is 13.0. The van der Waals surface area contributed by atoms with Gasteiger partial charge in [-0.3, -0.25) is 4.98 Å². The molecule has 5 heteroatoms. The predicted octanol–water partition coefficient (Wildman–Crippen LogP) is 3.60. The van der Waals surface area contributed by atoms with Crippen LogP contribution in [-0.4, -0.2) is 9.97 Å². The molecule has 76 valence electrons. The number of nitrogens with zero attached hydrogens (tertiary/aromatic N) is 1. The predicted molar refractivity (Wildman–Crippen MR) is 59.8 cm³/mol. The molecule has 0 spiro atoms. The van der Waals surface area contributed by atoms with Crippen LogP contribution in [0.25, 0.3) is 11.3 Å². The van der Waals surface area contributed by atoms with E-state index in [0.29, 0.717) is 20.9 Å². The van der Waals surface area contributed by atoms with Crippen LogP contribution in [0, 0.1) is 10.5 Å². The molecule has 0 aliphatic carbocycles. The van der Waals surface area contributed by atoms with Gasteiger partial charge in [-0.25, -0.2) is 4.39 Å². The summed E-state index contributed by atoms with van der Waals surface area (Å²) in [7, 11) is 0. The van der Waals surface area contributed by atoms with Gasteiger partial charge in [0.1, 0.15) is 10.5 Å². The fraction of sp³-hybridized carbons (Fsp3) is 0. The highest BCUT2D eigenvalue weighted by Crippen LogP contribution is 2.26. The van der Waals surface area contributed by atoms with Gasteiger partial charge in [0.15, 0.2) is 0 Å². The Morgan fingerprint density at radius 1 is 1.33 bits per heavy atom. The average molecular weight is 241 g/mol.